The molecule has 22 heavy (non-hydrogen) atoms. The van der Waals surface area contributed by atoms with Gasteiger partial charge in [-0.2, -0.15) is 13.2 Å². The largest absolute Gasteiger partial charge is 0.480 e. The first-order chi connectivity index (χ1) is 10.2. The Morgan fingerprint density at radius 1 is 1.18 bits per heavy atom. The van der Waals surface area contributed by atoms with E-state index in [1.54, 1.807) is 0 Å². The molecule has 0 aliphatic heterocycles. The summed E-state index contributed by atoms with van der Waals surface area (Å²) in [7, 11) is 0. The number of carboxylic acid groups (broad SMARTS) is 1. The Bertz CT molecular complexity index is 566. The molecule has 120 valence electrons. The van der Waals surface area contributed by atoms with E-state index in [2.05, 4.69) is 5.32 Å². The lowest BCUT2D eigenvalue weighted by molar-refractivity contribution is -0.143. The van der Waals surface area contributed by atoms with Crippen LogP contribution in [0.3, 0.4) is 0 Å². The van der Waals surface area contributed by atoms with Crippen molar-refractivity contribution in [1.82, 2.24) is 5.32 Å². The molecule has 2 unspecified atom stereocenters. The Morgan fingerprint density at radius 2 is 1.73 bits per heavy atom. The van der Waals surface area contributed by atoms with E-state index in [-0.39, 0.29) is 11.5 Å². The highest BCUT2D eigenvalue weighted by Crippen LogP contribution is 2.33. The molecule has 0 radical (unpaired) electrons. The van der Waals surface area contributed by atoms with Gasteiger partial charge in [-0.3, -0.25) is 4.79 Å². The van der Waals surface area contributed by atoms with Gasteiger partial charge in [-0.15, -0.1) is 0 Å². The second-order valence-electron chi connectivity index (χ2n) is 5.14. The third-order valence-corrected chi connectivity index (χ3v) is 3.42. The molecular weight excluding hydrogens is 306 g/mol. The average Bonchev–Trinajstić information content (AvgIpc) is 3.27. The van der Waals surface area contributed by atoms with Gasteiger partial charge in [0.2, 0.25) is 6.17 Å². The minimum absolute atomic E-state index is 0.221. The molecule has 1 saturated carbocycles. The maximum atomic E-state index is 14.0. The van der Waals surface area contributed by atoms with Gasteiger partial charge in [-0.1, -0.05) is 12.1 Å². The van der Waals surface area contributed by atoms with Gasteiger partial charge < -0.3 is 10.4 Å². The highest BCUT2D eigenvalue weighted by atomic mass is 19.4. The van der Waals surface area contributed by atoms with Crippen molar-refractivity contribution in [1.29, 1.82) is 0 Å². The van der Waals surface area contributed by atoms with Crippen molar-refractivity contribution in [2.75, 3.05) is 0 Å². The van der Waals surface area contributed by atoms with E-state index in [1.165, 1.54) is 0 Å². The molecule has 0 bridgehead atoms. The molecule has 1 aliphatic rings. The van der Waals surface area contributed by atoms with Crippen LogP contribution in [0.15, 0.2) is 24.3 Å². The minimum Gasteiger partial charge on any atom is -0.480 e. The van der Waals surface area contributed by atoms with Crippen molar-refractivity contribution in [2.24, 2.45) is 5.92 Å². The summed E-state index contributed by atoms with van der Waals surface area (Å²) in [5.74, 6) is -2.64. The number of alkyl halides is 4. The minimum atomic E-state index is -4.55. The number of hydrogen-bond acceptors (Lipinski definition) is 2. The lowest BCUT2D eigenvalue weighted by Gasteiger charge is -2.16. The van der Waals surface area contributed by atoms with E-state index in [0.717, 1.165) is 12.1 Å². The van der Waals surface area contributed by atoms with E-state index in [9.17, 15) is 27.2 Å². The maximum absolute atomic E-state index is 14.0. The number of rotatable bonds is 5. The Morgan fingerprint density at radius 3 is 2.14 bits per heavy atom. The van der Waals surface area contributed by atoms with E-state index in [0.29, 0.717) is 25.0 Å². The van der Waals surface area contributed by atoms with E-state index in [1.807, 2.05) is 0 Å². The summed E-state index contributed by atoms with van der Waals surface area (Å²) in [4.78, 5) is 22.7. The van der Waals surface area contributed by atoms with E-state index >= 15 is 0 Å². The quantitative estimate of drug-likeness (QED) is 0.820. The first-order valence-electron chi connectivity index (χ1n) is 6.54. The number of aliphatic carboxylic acids is 1. The highest BCUT2D eigenvalue weighted by molar-refractivity contribution is 5.87. The summed E-state index contributed by atoms with van der Waals surface area (Å²) < 4.78 is 51.2. The van der Waals surface area contributed by atoms with Gasteiger partial charge >= 0.3 is 12.1 Å². The first-order valence-corrected chi connectivity index (χ1v) is 6.54. The Labute approximate surface area is 123 Å². The fourth-order valence-electron chi connectivity index (χ4n) is 2.03. The lowest BCUT2D eigenvalue weighted by Crippen LogP contribution is -2.43. The molecule has 0 saturated heterocycles. The average molecular weight is 319 g/mol. The summed E-state index contributed by atoms with van der Waals surface area (Å²) in [5, 5.41) is 11.0. The molecule has 1 aromatic carbocycles. The summed E-state index contributed by atoms with van der Waals surface area (Å²) in [6.45, 7) is 0. The second-order valence-corrected chi connectivity index (χ2v) is 5.14. The van der Waals surface area contributed by atoms with E-state index < -0.39 is 35.8 Å². The number of carbonyl (C=O) groups is 2. The zero-order valence-electron chi connectivity index (χ0n) is 11.2. The summed E-state index contributed by atoms with van der Waals surface area (Å²) >= 11 is 0. The van der Waals surface area contributed by atoms with Crippen molar-refractivity contribution < 1.29 is 32.3 Å². The SMILES string of the molecule is O=C(NC(C(=O)O)C1CC1)C(F)c1ccc(C(F)(F)F)cc1. The van der Waals surface area contributed by atoms with Crippen LogP contribution in [0.25, 0.3) is 0 Å². The Hall–Kier alpha value is -2.12. The third-order valence-electron chi connectivity index (χ3n) is 3.42. The fourth-order valence-corrected chi connectivity index (χ4v) is 2.03. The molecule has 0 spiro atoms. The standard InChI is InChI=1S/C14H13F4NO3/c15-10(7-3-5-9(6-4-7)14(16,17)18)12(20)19-11(13(21)22)8-1-2-8/h3-6,8,10-11H,1-2H2,(H,19,20)(H,21,22). The number of nitrogens with one attached hydrogen (secondary N) is 1. The van der Waals surface area contributed by atoms with Crippen LogP contribution in [-0.4, -0.2) is 23.0 Å². The van der Waals surface area contributed by atoms with Gasteiger partial charge in [0.15, 0.2) is 0 Å². The number of hydrogen-bond donors (Lipinski definition) is 2. The van der Waals surface area contributed by atoms with Crippen LogP contribution in [0, 0.1) is 5.92 Å². The molecule has 8 heteroatoms. The normalized spacial score (nSPS) is 17.6. The van der Waals surface area contributed by atoms with Gasteiger partial charge in [-0.05, 0) is 36.5 Å². The van der Waals surface area contributed by atoms with Crippen LogP contribution >= 0.6 is 0 Å². The van der Waals surface area contributed by atoms with Gasteiger partial charge in [0, 0.05) is 0 Å². The topological polar surface area (TPSA) is 66.4 Å². The molecule has 4 nitrogen and oxygen atoms in total. The van der Waals surface area contributed by atoms with Crippen LogP contribution < -0.4 is 5.32 Å². The van der Waals surface area contributed by atoms with Crippen molar-refractivity contribution in [3.05, 3.63) is 35.4 Å². The molecule has 1 fully saturated rings. The third kappa shape index (κ3) is 3.75. The molecule has 1 aliphatic carbocycles. The zero-order chi connectivity index (χ0) is 16.5. The summed E-state index contributed by atoms with van der Waals surface area (Å²) in [6.07, 6.45) is -5.50. The van der Waals surface area contributed by atoms with Crippen LogP contribution in [0.2, 0.25) is 0 Å². The summed E-state index contributed by atoms with van der Waals surface area (Å²) in [5.41, 5.74) is -1.21. The van der Waals surface area contributed by atoms with Crippen molar-refractivity contribution in [3.63, 3.8) is 0 Å². The summed E-state index contributed by atoms with van der Waals surface area (Å²) in [6, 6.07) is 1.90. The van der Waals surface area contributed by atoms with Crippen LogP contribution in [0.1, 0.15) is 30.1 Å². The van der Waals surface area contributed by atoms with Gasteiger partial charge in [0.05, 0.1) is 5.56 Å². The number of amides is 1. The van der Waals surface area contributed by atoms with Gasteiger partial charge in [-0.25, -0.2) is 9.18 Å². The molecule has 1 aromatic rings. The highest BCUT2D eigenvalue weighted by Gasteiger charge is 2.38. The number of carboxylic acids is 1. The number of benzene rings is 1. The van der Waals surface area contributed by atoms with Gasteiger partial charge in [0.25, 0.3) is 5.91 Å². The number of carbonyl (C=O) groups excluding carboxylic acids is 1. The molecule has 2 N–H and O–H groups in total. The molecule has 0 heterocycles. The molecular formula is C14H13F4NO3. The monoisotopic (exact) mass is 319 g/mol. The number of halogens is 4. The molecule has 0 aromatic heterocycles. The van der Waals surface area contributed by atoms with Crippen LogP contribution in [-0.2, 0) is 15.8 Å². The molecule has 2 atom stereocenters. The molecule has 2 rings (SSSR count). The van der Waals surface area contributed by atoms with E-state index in [4.69, 9.17) is 5.11 Å². The maximum Gasteiger partial charge on any atom is 0.416 e. The van der Waals surface area contributed by atoms with Crippen molar-refractivity contribution in [3.8, 4) is 0 Å². The zero-order valence-corrected chi connectivity index (χ0v) is 11.2. The lowest BCUT2D eigenvalue weighted by atomic mass is 10.1. The fraction of sp³-hybridized carbons (Fsp3) is 0.429. The first kappa shape index (κ1) is 16.3. The Kier molecular flexibility index (Phi) is 4.39. The smallest absolute Gasteiger partial charge is 0.416 e. The van der Waals surface area contributed by atoms with Crippen LogP contribution in [0.5, 0.6) is 0 Å². The second kappa shape index (κ2) is 5.94. The molecule has 1 amide bonds. The van der Waals surface area contributed by atoms with Crippen molar-refractivity contribution >= 4 is 11.9 Å². The predicted octanol–water partition coefficient (Wildman–Crippen LogP) is 2.70. The van der Waals surface area contributed by atoms with Crippen LogP contribution in [0.4, 0.5) is 17.6 Å². The Balaban J connectivity index is 2.05. The van der Waals surface area contributed by atoms with Crippen molar-refractivity contribution in [2.45, 2.75) is 31.2 Å². The predicted molar refractivity (Wildman–Crippen MR) is 67.6 cm³/mol. The van der Waals surface area contributed by atoms with Gasteiger partial charge in [0.1, 0.15) is 6.04 Å².